The molecule has 1 atom stereocenters. The quantitative estimate of drug-likeness (QED) is 0.796. The van der Waals surface area contributed by atoms with E-state index >= 15 is 0 Å². The summed E-state index contributed by atoms with van der Waals surface area (Å²) < 4.78 is 0. The van der Waals surface area contributed by atoms with Gasteiger partial charge in [0.1, 0.15) is 0 Å². The van der Waals surface area contributed by atoms with Crippen molar-refractivity contribution in [3.05, 3.63) is 52.0 Å². The van der Waals surface area contributed by atoms with Gasteiger partial charge in [0, 0.05) is 62.1 Å². The number of thiophene rings is 1. The number of amides is 2. The zero-order chi connectivity index (χ0) is 19.5. The zero-order valence-electron chi connectivity index (χ0n) is 16.2. The van der Waals surface area contributed by atoms with Gasteiger partial charge >= 0.3 is 0 Å². The van der Waals surface area contributed by atoms with E-state index in [0.717, 1.165) is 45.6 Å². The van der Waals surface area contributed by atoms with Gasteiger partial charge in [0.2, 0.25) is 5.91 Å². The molecule has 1 fully saturated rings. The van der Waals surface area contributed by atoms with Crippen molar-refractivity contribution >= 4 is 23.2 Å². The van der Waals surface area contributed by atoms with E-state index in [4.69, 9.17) is 0 Å². The normalized spacial score (nSPS) is 19.0. The molecule has 0 bridgehead atoms. The first-order valence-corrected chi connectivity index (χ1v) is 10.8. The van der Waals surface area contributed by atoms with Gasteiger partial charge in [-0.05, 0) is 48.9 Å². The predicted molar refractivity (Wildman–Crippen MR) is 109 cm³/mol. The fourth-order valence-electron chi connectivity index (χ4n) is 4.06. The van der Waals surface area contributed by atoms with Crippen LogP contribution in [0.5, 0.6) is 0 Å². The van der Waals surface area contributed by atoms with Gasteiger partial charge in [0.25, 0.3) is 5.91 Å². The van der Waals surface area contributed by atoms with E-state index in [1.165, 1.54) is 10.4 Å². The fraction of sp³-hybridized carbons (Fsp3) is 0.476. The molecule has 0 spiro atoms. The highest BCUT2D eigenvalue weighted by atomic mass is 32.1. The van der Waals surface area contributed by atoms with Crippen LogP contribution in [0.1, 0.15) is 34.1 Å². The Morgan fingerprint density at radius 2 is 1.86 bits per heavy atom. The highest BCUT2D eigenvalue weighted by Crippen LogP contribution is 2.25. The van der Waals surface area contributed by atoms with Crippen molar-refractivity contribution in [3.8, 4) is 0 Å². The second-order valence-corrected chi connectivity index (χ2v) is 8.47. The maximum absolute atomic E-state index is 13.1. The lowest BCUT2D eigenvalue weighted by Crippen LogP contribution is -2.49. The van der Waals surface area contributed by atoms with E-state index in [9.17, 15) is 9.59 Å². The van der Waals surface area contributed by atoms with E-state index < -0.39 is 0 Å². The molecule has 0 radical (unpaired) electrons. The lowest BCUT2D eigenvalue weighted by atomic mass is 10.1. The average molecular weight is 399 g/mol. The molecule has 2 aromatic rings. The van der Waals surface area contributed by atoms with Crippen LogP contribution in [-0.4, -0.2) is 70.3 Å². The summed E-state index contributed by atoms with van der Waals surface area (Å²) in [4.78, 5) is 37.3. The van der Waals surface area contributed by atoms with Crippen molar-refractivity contribution < 1.29 is 9.59 Å². The Morgan fingerprint density at radius 3 is 2.68 bits per heavy atom. The van der Waals surface area contributed by atoms with Crippen LogP contribution < -0.4 is 0 Å². The van der Waals surface area contributed by atoms with Crippen LogP contribution in [0.25, 0.3) is 0 Å². The summed E-state index contributed by atoms with van der Waals surface area (Å²) in [6.45, 7) is 6.46. The van der Waals surface area contributed by atoms with Crippen LogP contribution in [0.15, 0.2) is 36.0 Å². The van der Waals surface area contributed by atoms with Gasteiger partial charge in [-0.2, -0.15) is 0 Å². The summed E-state index contributed by atoms with van der Waals surface area (Å²) in [5, 5.41) is 2.12. The van der Waals surface area contributed by atoms with E-state index in [2.05, 4.69) is 21.3 Å². The third kappa shape index (κ3) is 3.95. The minimum absolute atomic E-state index is 0.0456. The number of fused-ring (bicyclic) bond motifs is 1. The second kappa shape index (κ2) is 8.41. The molecule has 0 saturated carbocycles. The third-order valence-corrected chi connectivity index (χ3v) is 6.79. The summed E-state index contributed by atoms with van der Waals surface area (Å²) in [7, 11) is 0. The minimum atomic E-state index is -0.156. The molecule has 6 nitrogen and oxygen atoms in total. The number of hydrogen-bond acceptors (Lipinski definition) is 5. The van der Waals surface area contributed by atoms with E-state index in [1.54, 1.807) is 35.9 Å². The molecule has 2 aliphatic rings. The molecule has 2 aliphatic heterocycles. The molecule has 7 heteroatoms. The number of carbonyl (C=O) groups is 2. The van der Waals surface area contributed by atoms with E-state index in [0.29, 0.717) is 12.1 Å². The molecule has 0 aliphatic carbocycles. The largest absolute Gasteiger partial charge is 0.337 e. The highest BCUT2D eigenvalue weighted by molar-refractivity contribution is 7.10. The standard InChI is InChI=1S/C21H26N4O2S/c1-16(20(26)25-11-5-19-18(15-25)6-14-28-19)23-9-2-10-24(13-12-23)21(27)17-3-7-22-8-4-17/h3-4,6-8,14,16H,2,5,9-13,15H2,1H3. The molecule has 0 N–H and O–H groups in total. The predicted octanol–water partition coefficient (Wildman–Crippen LogP) is 2.26. The van der Waals surface area contributed by atoms with E-state index in [1.807, 2.05) is 16.7 Å². The van der Waals surface area contributed by atoms with Gasteiger partial charge in [-0.3, -0.25) is 19.5 Å². The first-order valence-electron chi connectivity index (χ1n) is 9.91. The Kier molecular flexibility index (Phi) is 5.73. The van der Waals surface area contributed by atoms with Crippen LogP contribution in [0.3, 0.4) is 0 Å². The van der Waals surface area contributed by atoms with Crippen LogP contribution in [0.4, 0.5) is 0 Å². The minimum Gasteiger partial charge on any atom is -0.337 e. The molecule has 4 heterocycles. The van der Waals surface area contributed by atoms with Gasteiger partial charge in [0.15, 0.2) is 0 Å². The SMILES string of the molecule is CC(C(=O)N1CCc2sccc2C1)N1CCCN(C(=O)c2ccncc2)CC1. The number of nitrogens with zero attached hydrogens (tertiary/aromatic N) is 4. The molecular formula is C21H26N4O2S. The van der Waals surface area contributed by atoms with E-state index in [-0.39, 0.29) is 17.9 Å². The van der Waals surface area contributed by atoms with Crippen molar-refractivity contribution in [3.63, 3.8) is 0 Å². The Balaban J connectivity index is 1.36. The maximum atomic E-state index is 13.1. The van der Waals surface area contributed by atoms with Gasteiger partial charge in [-0.25, -0.2) is 0 Å². The Labute approximate surface area is 169 Å². The first-order chi connectivity index (χ1) is 13.6. The maximum Gasteiger partial charge on any atom is 0.254 e. The number of pyridine rings is 1. The summed E-state index contributed by atoms with van der Waals surface area (Å²) in [6, 6.07) is 5.49. The molecule has 2 amide bonds. The van der Waals surface area contributed by atoms with Gasteiger partial charge in [0.05, 0.1) is 6.04 Å². The van der Waals surface area contributed by atoms with Crippen LogP contribution in [-0.2, 0) is 17.8 Å². The second-order valence-electron chi connectivity index (χ2n) is 7.47. The smallest absolute Gasteiger partial charge is 0.254 e. The Morgan fingerprint density at radius 1 is 1.04 bits per heavy atom. The summed E-state index contributed by atoms with van der Waals surface area (Å²) in [6.07, 6.45) is 5.13. The molecule has 4 rings (SSSR count). The van der Waals surface area contributed by atoms with Gasteiger partial charge in [-0.15, -0.1) is 11.3 Å². The summed E-state index contributed by atoms with van der Waals surface area (Å²) >= 11 is 1.79. The lowest BCUT2D eigenvalue weighted by molar-refractivity contribution is -0.137. The Bertz CT molecular complexity index is 838. The molecule has 28 heavy (non-hydrogen) atoms. The first kappa shape index (κ1) is 19.1. The van der Waals surface area contributed by atoms with Gasteiger partial charge in [-0.1, -0.05) is 0 Å². The zero-order valence-corrected chi connectivity index (χ0v) is 17.0. The van der Waals surface area contributed by atoms with Crippen molar-refractivity contribution in [2.45, 2.75) is 32.4 Å². The van der Waals surface area contributed by atoms with Crippen LogP contribution in [0.2, 0.25) is 0 Å². The fourth-order valence-corrected chi connectivity index (χ4v) is 4.95. The number of rotatable bonds is 3. The number of aromatic nitrogens is 1. The van der Waals surface area contributed by atoms with Crippen molar-refractivity contribution in [2.75, 3.05) is 32.7 Å². The summed E-state index contributed by atoms with van der Waals surface area (Å²) in [5.41, 5.74) is 1.97. The van der Waals surface area contributed by atoms with Crippen LogP contribution >= 0.6 is 11.3 Å². The monoisotopic (exact) mass is 398 g/mol. The number of carbonyl (C=O) groups excluding carboxylic acids is 2. The molecule has 1 unspecified atom stereocenters. The van der Waals surface area contributed by atoms with Crippen molar-refractivity contribution in [1.29, 1.82) is 0 Å². The lowest BCUT2D eigenvalue weighted by Gasteiger charge is -2.34. The molecule has 0 aromatic carbocycles. The van der Waals surface area contributed by atoms with Crippen molar-refractivity contribution in [2.24, 2.45) is 0 Å². The van der Waals surface area contributed by atoms with Gasteiger partial charge < -0.3 is 9.80 Å². The highest BCUT2D eigenvalue weighted by Gasteiger charge is 2.30. The van der Waals surface area contributed by atoms with Crippen molar-refractivity contribution in [1.82, 2.24) is 19.7 Å². The molecule has 1 saturated heterocycles. The van der Waals surface area contributed by atoms with Crippen LogP contribution in [0, 0.1) is 0 Å². The molecular weight excluding hydrogens is 372 g/mol. The third-order valence-electron chi connectivity index (χ3n) is 5.77. The molecule has 148 valence electrons. The summed E-state index contributed by atoms with van der Waals surface area (Å²) in [5.74, 6) is 0.245. The number of hydrogen-bond donors (Lipinski definition) is 0. The molecule has 2 aromatic heterocycles. The topological polar surface area (TPSA) is 56.8 Å². The average Bonchev–Trinajstić information content (AvgIpc) is 3.07. The Hall–Kier alpha value is -2.25.